The van der Waals surface area contributed by atoms with Crippen LogP contribution in [0.25, 0.3) is 0 Å². The smallest absolute Gasteiger partial charge is 0.303 e. The van der Waals surface area contributed by atoms with Crippen molar-refractivity contribution in [3.05, 3.63) is 34.9 Å². The molecular weight excluding hydrogens is 300 g/mol. The van der Waals surface area contributed by atoms with Gasteiger partial charge in [-0.15, -0.1) is 0 Å². The van der Waals surface area contributed by atoms with Crippen LogP contribution in [0.4, 0.5) is 0 Å². The largest absolute Gasteiger partial charge is 0.481 e. The van der Waals surface area contributed by atoms with Gasteiger partial charge < -0.3 is 10.0 Å². The van der Waals surface area contributed by atoms with Crippen LogP contribution in [0.5, 0.6) is 0 Å². The van der Waals surface area contributed by atoms with Crippen LogP contribution in [-0.2, 0) is 11.3 Å². The Balaban J connectivity index is 1.96. The van der Waals surface area contributed by atoms with Gasteiger partial charge in [0, 0.05) is 30.6 Å². The quantitative estimate of drug-likeness (QED) is 0.873. The van der Waals surface area contributed by atoms with Crippen LogP contribution in [0, 0.1) is 5.92 Å². The summed E-state index contributed by atoms with van der Waals surface area (Å²) in [6.07, 6.45) is 2.09. The summed E-state index contributed by atoms with van der Waals surface area (Å²) in [5, 5.41) is 9.72. The number of hydrogen-bond donors (Lipinski definition) is 1. The molecule has 122 valence electrons. The number of hydrogen-bond acceptors (Lipinski definition) is 3. The molecule has 1 saturated heterocycles. The average molecular weight is 325 g/mol. The highest BCUT2D eigenvalue weighted by molar-refractivity contribution is 6.30. The normalized spacial score (nSPS) is 22.9. The van der Waals surface area contributed by atoms with E-state index in [2.05, 4.69) is 36.0 Å². The third-order valence-electron chi connectivity index (χ3n) is 4.49. The second kappa shape index (κ2) is 7.95. The zero-order valence-corrected chi connectivity index (χ0v) is 14.1. The van der Waals surface area contributed by atoms with Gasteiger partial charge in [-0.1, -0.05) is 23.7 Å². The molecule has 2 rings (SSSR count). The first kappa shape index (κ1) is 17.3. The standard InChI is InChI=1S/C17H25ClN2O2/c1-19(2)16-9-10-20(12-14(16)5-8-17(21)22)11-13-3-6-15(18)7-4-13/h3-4,6-7,14,16H,5,8-12H2,1-2H3,(H,21,22)/t14-,16+/m0/s1. The number of piperidine rings is 1. The summed E-state index contributed by atoms with van der Waals surface area (Å²) >= 11 is 5.93. The molecule has 5 heteroatoms. The molecule has 0 aromatic heterocycles. The Labute approximate surface area is 137 Å². The van der Waals surface area contributed by atoms with Gasteiger partial charge in [-0.2, -0.15) is 0 Å². The van der Waals surface area contributed by atoms with Gasteiger partial charge in [-0.05, 0) is 57.1 Å². The fourth-order valence-electron chi connectivity index (χ4n) is 3.36. The Hall–Kier alpha value is -1.10. The number of carboxylic acids is 1. The van der Waals surface area contributed by atoms with Gasteiger partial charge in [-0.25, -0.2) is 0 Å². The predicted octanol–water partition coefficient (Wildman–Crippen LogP) is 2.96. The van der Waals surface area contributed by atoms with Gasteiger partial charge in [0.25, 0.3) is 0 Å². The van der Waals surface area contributed by atoms with Crippen molar-refractivity contribution in [1.82, 2.24) is 9.80 Å². The Morgan fingerprint density at radius 3 is 2.64 bits per heavy atom. The lowest BCUT2D eigenvalue weighted by atomic mass is 9.87. The van der Waals surface area contributed by atoms with Crippen LogP contribution in [0.3, 0.4) is 0 Å². The third kappa shape index (κ3) is 4.97. The Morgan fingerprint density at radius 1 is 1.36 bits per heavy atom. The van der Waals surface area contributed by atoms with E-state index >= 15 is 0 Å². The van der Waals surface area contributed by atoms with Crippen molar-refractivity contribution in [3.8, 4) is 0 Å². The first-order valence-corrected chi connectivity index (χ1v) is 8.18. The topological polar surface area (TPSA) is 43.8 Å². The van der Waals surface area contributed by atoms with Crippen molar-refractivity contribution in [2.75, 3.05) is 27.2 Å². The van der Waals surface area contributed by atoms with Crippen molar-refractivity contribution in [2.45, 2.75) is 31.8 Å². The predicted molar refractivity (Wildman–Crippen MR) is 89.2 cm³/mol. The summed E-state index contributed by atoms with van der Waals surface area (Å²) in [4.78, 5) is 15.6. The lowest BCUT2D eigenvalue weighted by Crippen LogP contribution is -2.48. The summed E-state index contributed by atoms with van der Waals surface area (Å²) in [6, 6.07) is 8.44. The lowest BCUT2D eigenvalue weighted by molar-refractivity contribution is -0.137. The molecule has 1 fully saturated rings. The molecule has 0 radical (unpaired) electrons. The molecule has 22 heavy (non-hydrogen) atoms. The molecule has 0 aliphatic carbocycles. The molecule has 1 N–H and O–H groups in total. The van der Waals surface area contributed by atoms with Gasteiger partial charge in [-0.3, -0.25) is 9.69 Å². The molecule has 1 aliphatic heterocycles. The van der Waals surface area contributed by atoms with Crippen LogP contribution in [0.2, 0.25) is 5.02 Å². The Bertz CT molecular complexity index is 490. The van der Waals surface area contributed by atoms with Gasteiger partial charge in [0.1, 0.15) is 0 Å². The first-order chi connectivity index (χ1) is 10.5. The van der Waals surface area contributed by atoms with Crippen molar-refractivity contribution in [1.29, 1.82) is 0 Å². The second-order valence-corrected chi connectivity index (χ2v) is 6.81. The molecule has 2 atom stereocenters. The molecular formula is C17H25ClN2O2. The summed E-state index contributed by atoms with van der Waals surface area (Å²) in [5.74, 6) is -0.292. The lowest BCUT2D eigenvalue weighted by Gasteiger charge is -2.41. The van der Waals surface area contributed by atoms with Gasteiger partial charge >= 0.3 is 5.97 Å². The van der Waals surface area contributed by atoms with E-state index in [0.29, 0.717) is 12.0 Å². The van der Waals surface area contributed by atoms with Crippen LogP contribution in [0.1, 0.15) is 24.8 Å². The number of aliphatic carboxylic acids is 1. The number of halogens is 1. The number of rotatable bonds is 6. The number of nitrogens with zero attached hydrogens (tertiary/aromatic N) is 2. The summed E-state index contributed by atoms with van der Waals surface area (Å²) in [5.41, 5.74) is 1.25. The van der Waals surface area contributed by atoms with Crippen molar-refractivity contribution in [3.63, 3.8) is 0 Å². The SMILES string of the molecule is CN(C)[C@@H]1CCN(Cc2ccc(Cl)cc2)C[C@@H]1CCC(=O)O. The van der Waals surface area contributed by atoms with Gasteiger partial charge in [0.2, 0.25) is 0 Å². The highest BCUT2D eigenvalue weighted by Crippen LogP contribution is 2.26. The number of carbonyl (C=O) groups is 1. The van der Waals surface area contributed by atoms with E-state index < -0.39 is 5.97 Å². The summed E-state index contributed by atoms with van der Waals surface area (Å²) in [7, 11) is 4.18. The molecule has 0 saturated carbocycles. The fraction of sp³-hybridized carbons (Fsp3) is 0.588. The molecule has 1 aromatic carbocycles. The maximum atomic E-state index is 10.9. The zero-order valence-electron chi connectivity index (χ0n) is 13.3. The van der Waals surface area contributed by atoms with E-state index in [9.17, 15) is 4.79 Å². The highest BCUT2D eigenvalue weighted by Gasteiger charge is 2.30. The van der Waals surface area contributed by atoms with Gasteiger partial charge in [0.05, 0.1) is 0 Å². The van der Waals surface area contributed by atoms with E-state index in [-0.39, 0.29) is 6.42 Å². The van der Waals surface area contributed by atoms with Crippen molar-refractivity contribution in [2.24, 2.45) is 5.92 Å². The molecule has 0 spiro atoms. The van der Waals surface area contributed by atoms with Crippen molar-refractivity contribution < 1.29 is 9.90 Å². The Kier molecular flexibility index (Phi) is 6.24. The van der Waals surface area contributed by atoms with Crippen LogP contribution >= 0.6 is 11.6 Å². The third-order valence-corrected chi connectivity index (χ3v) is 4.74. The van der Waals surface area contributed by atoms with Gasteiger partial charge in [0.15, 0.2) is 0 Å². The molecule has 0 bridgehead atoms. The van der Waals surface area contributed by atoms with Crippen LogP contribution < -0.4 is 0 Å². The molecule has 1 aliphatic rings. The monoisotopic (exact) mass is 324 g/mol. The minimum absolute atomic E-state index is 0.254. The maximum Gasteiger partial charge on any atom is 0.303 e. The average Bonchev–Trinajstić information content (AvgIpc) is 2.47. The van der Waals surface area contributed by atoms with E-state index in [1.807, 2.05) is 12.1 Å². The second-order valence-electron chi connectivity index (χ2n) is 6.37. The number of carboxylic acid groups (broad SMARTS) is 1. The highest BCUT2D eigenvalue weighted by atomic mass is 35.5. The fourth-order valence-corrected chi connectivity index (χ4v) is 3.49. The zero-order chi connectivity index (χ0) is 16.1. The van der Waals surface area contributed by atoms with Crippen LogP contribution in [-0.4, -0.2) is 54.1 Å². The molecule has 1 aromatic rings. The van der Waals surface area contributed by atoms with E-state index in [0.717, 1.165) is 37.5 Å². The minimum Gasteiger partial charge on any atom is -0.481 e. The van der Waals surface area contributed by atoms with E-state index in [4.69, 9.17) is 16.7 Å². The van der Waals surface area contributed by atoms with Crippen LogP contribution in [0.15, 0.2) is 24.3 Å². The molecule has 1 heterocycles. The van der Waals surface area contributed by atoms with E-state index in [1.165, 1.54) is 5.56 Å². The summed E-state index contributed by atoms with van der Waals surface area (Å²) in [6.45, 7) is 2.91. The molecule has 4 nitrogen and oxygen atoms in total. The number of benzene rings is 1. The minimum atomic E-state index is -0.702. The Morgan fingerprint density at radius 2 is 2.05 bits per heavy atom. The molecule has 0 amide bonds. The number of likely N-dealkylation sites (tertiary alicyclic amines) is 1. The summed E-state index contributed by atoms with van der Waals surface area (Å²) < 4.78 is 0. The molecule has 0 unspecified atom stereocenters. The van der Waals surface area contributed by atoms with E-state index in [1.54, 1.807) is 0 Å². The maximum absolute atomic E-state index is 10.9. The first-order valence-electron chi connectivity index (χ1n) is 7.80. The van der Waals surface area contributed by atoms with Crippen molar-refractivity contribution >= 4 is 17.6 Å².